The molecule has 35 heavy (non-hydrogen) atoms. The molecule has 0 radical (unpaired) electrons. The molecule has 1 aliphatic carbocycles. The molecular weight excluding hydrogens is 449 g/mol. The van der Waals surface area contributed by atoms with Gasteiger partial charge in [-0.3, -0.25) is 19.8 Å². The summed E-state index contributed by atoms with van der Waals surface area (Å²) in [4.78, 5) is 43.3. The number of benzene rings is 1. The van der Waals surface area contributed by atoms with Crippen molar-refractivity contribution in [1.29, 1.82) is 5.41 Å². The van der Waals surface area contributed by atoms with Crippen molar-refractivity contribution < 1.29 is 14.0 Å². The molecule has 0 bridgehead atoms. The standard InChI is InChI=1S/C26H30FN5O3/c1-31-22-14-23(33)32(15-17-9-10-17)16-19(22)11-12-21(26(31)35)30-25(34)24(28)29-13-5-4-7-18-6-2-3-8-20(18)27/h2-3,6,8,13-14,16-17,21,28H,4-5,7,9-12,15H2,1H3,(H,30,34)/b28-24?,29-13+/t21-/m1/s1. The zero-order chi connectivity index (χ0) is 24.9. The molecule has 8 nitrogen and oxygen atoms in total. The number of carbonyl (C=O) groups excluding carboxylic acids is 2. The van der Waals surface area contributed by atoms with E-state index in [1.165, 1.54) is 23.2 Å². The maximum absolute atomic E-state index is 13.7. The number of aryl methyl sites for hydroxylation is 2. The van der Waals surface area contributed by atoms with Gasteiger partial charge in [0.2, 0.25) is 11.7 Å². The lowest BCUT2D eigenvalue weighted by Gasteiger charge is -2.22. The zero-order valence-corrected chi connectivity index (χ0v) is 19.8. The molecular formula is C26H30FN5O3. The van der Waals surface area contributed by atoms with Crippen LogP contribution < -0.4 is 15.8 Å². The van der Waals surface area contributed by atoms with E-state index in [0.29, 0.717) is 55.8 Å². The van der Waals surface area contributed by atoms with E-state index in [1.807, 2.05) is 6.20 Å². The highest BCUT2D eigenvalue weighted by Crippen LogP contribution is 2.31. The second kappa shape index (κ2) is 10.8. The summed E-state index contributed by atoms with van der Waals surface area (Å²) in [5, 5.41) is 10.6. The highest BCUT2D eigenvalue weighted by molar-refractivity contribution is 6.38. The summed E-state index contributed by atoms with van der Waals surface area (Å²) in [6.45, 7) is 0.694. The normalized spacial score (nSPS) is 17.8. The van der Waals surface area contributed by atoms with Crippen LogP contribution in [0.3, 0.4) is 0 Å². The van der Waals surface area contributed by atoms with E-state index in [9.17, 15) is 18.8 Å². The van der Waals surface area contributed by atoms with Crippen LogP contribution >= 0.6 is 0 Å². The van der Waals surface area contributed by atoms with Gasteiger partial charge in [-0.15, -0.1) is 0 Å². The number of anilines is 1. The molecule has 2 N–H and O–H groups in total. The van der Waals surface area contributed by atoms with Crippen LogP contribution in [0.25, 0.3) is 0 Å². The lowest BCUT2D eigenvalue weighted by Crippen LogP contribution is -2.48. The van der Waals surface area contributed by atoms with Gasteiger partial charge in [0.25, 0.3) is 11.5 Å². The quantitative estimate of drug-likeness (QED) is 0.362. The van der Waals surface area contributed by atoms with Gasteiger partial charge in [-0.1, -0.05) is 18.2 Å². The maximum atomic E-state index is 13.7. The number of amides is 2. The van der Waals surface area contributed by atoms with Gasteiger partial charge in [-0.2, -0.15) is 0 Å². The molecule has 2 aromatic rings. The zero-order valence-electron chi connectivity index (χ0n) is 19.8. The molecule has 4 rings (SSSR count). The average molecular weight is 480 g/mol. The van der Waals surface area contributed by atoms with Crippen LogP contribution in [-0.2, 0) is 29.0 Å². The molecule has 1 saturated carbocycles. The van der Waals surface area contributed by atoms with Crippen molar-refractivity contribution >= 4 is 29.6 Å². The second-order valence-electron chi connectivity index (χ2n) is 9.22. The Balaban J connectivity index is 1.31. The third-order valence-electron chi connectivity index (χ3n) is 6.51. The first-order valence-electron chi connectivity index (χ1n) is 12.0. The number of fused-ring (bicyclic) bond motifs is 1. The van der Waals surface area contributed by atoms with Crippen LogP contribution in [0.1, 0.15) is 43.2 Å². The summed E-state index contributed by atoms with van der Waals surface area (Å²) < 4.78 is 15.4. The number of likely N-dealkylation sites (N-methyl/N-ethyl adjacent to an activating group) is 1. The van der Waals surface area contributed by atoms with E-state index in [1.54, 1.807) is 29.8 Å². The number of rotatable bonds is 7. The van der Waals surface area contributed by atoms with Gasteiger partial charge in [0.1, 0.15) is 11.9 Å². The first kappa shape index (κ1) is 24.5. The van der Waals surface area contributed by atoms with E-state index in [-0.39, 0.29) is 17.3 Å². The van der Waals surface area contributed by atoms with Crippen molar-refractivity contribution in [2.75, 3.05) is 11.9 Å². The number of pyridine rings is 1. The van der Waals surface area contributed by atoms with Gasteiger partial charge >= 0.3 is 0 Å². The minimum absolute atomic E-state index is 0.135. The maximum Gasteiger partial charge on any atom is 0.289 e. The average Bonchev–Trinajstić information content (AvgIpc) is 3.67. The predicted molar refractivity (Wildman–Crippen MR) is 133 cm³/mol. The molecule has 184 valence electrons. The van der Waals surface area contributed by atoms with Crippen molar-refractivity contribution in [3.05, 3.63) is 63.8 Å². The molecule has 0 unspecified atom stereocenters. The lowest BCUT2D eigenvalue weighted by atomic mass is 10.1. The molecule has 1 aliphatic heterocycles. The fourth-order valence-electron chi connectivity index (χ4n) is 4.27. The molecule has 1 fully saturated rings. The van der Waals surface area contributed by atoms with Crippen molar-refractivity contribution in [3.8, 4) is 0 Å². The predicted octanol–water partition coefficient (Wildman–Crippen LogP) is 2.86. The van der Waals surface area contributed by atoms with Crippen LogP contribution in [0, 0.1) is 17.1 Å². The highest BCUT2D eigenvalue weighted by Gasteiger charge is 2.31. The number of unbranched alkanes of at least 4 members (excludes halogenated alkanes) is 1. The summed E-state index contributed by atoms with van der Waals surface area (Å²) in [5.41, 5.74) is 1.93. The number of nitrogens with zero attached hydrogens (tertiary/aromatic N) is 3. The number of aromatic nitrogens is 1. The smallest absolute Gasteiger partial charge is 0.289 e. The van der Waals surface area contributed by atoms with Crippen LogP contribution in [0.5, 0.6) is 0 Å². The SMILES string of the molecule is CN1C(=O)[C@H](NC(=O)C(=N)/N=C/CCCc2ccccc2F)CCc2cn(CC3CC3)c(=O)cc21. The van der Waals surface area contributed by atoms with Gasteiger partial charge in [-0.25, -0.2) is 9.38 Å². The second-order valence-corrected chi connectivity index (χ2v) is 9.22. The van der Waals surface area contributed by atoms with Gasteiger partial charge in [0.15, 0.2) is 0 Å². The van der Waals surface area contributed by atoms with Gasteiger partial charge < -0.3 is 14.8 Å². The molecule has 2 amide bonds. The molecule has 2 aliphatic rings. The Morgan fingerprint density at radius 3 is 2.77 bits per heavy atom. The summed E-state index contributed by atoms with van der Waals surface area (Å²) in [5.74, 6) is -1.26. The van der Waals surface area contributed by atoms with E-state index in [4.69, 9.17) is 5.41 Å². The van der Waals surface area contributed by atoms with Crippen molar-refractivity contribution in [2.45, 2.75) is 57.5 Å². The highest BCUT2D eigenvalue weighted by atomic mass is 19.1. The first-order valence-corrected chi connectivity index (χ1v) is 12.0. The number of hydrogen-bond acceptors (Lipinski definition) is 4. The van der Waals surface area contributed by atoms with E-state index < -0.39 is 17.8 Å². The minimum atomic E-state index is -0.816. The van der Waals surface area contributed by atoms with Crippen LogP contribution in [0.4, 0.5) is 10.1 Å². The summed E-state index contributed by atoms with van der Waals surface area (Å²) in [6, 6.07) is 7.24. The van der Waals surface area contributed by atoms with Crippen molar-refractivity contribution in [2.24, 2.45) is 10.9 Å². The number of carbonyl (C=O) groups is 2. The molecule has 1 aromatic carbocycles. The van der Waals surface area contributed by atoms with Crippen LogP contribution in [0.2, 0.25) is 0 Å². The van der Waals surface area contributed by atoms with Crippen molar-refractivity contribution in [3.63, 3.8) is 0 Å². The number of halogens is 1. The Morgan fingerprint density at radius 2 is 2.03 bits per heavy atom. The van der Waals surface area contributed by atoms with E-state index in [2.05, 4.69) is 10.3 Å². The lowest BCUT2D eigenvalue weighted by molar-refractivity contribution is -0.124. The molecule has 0 saturated heterocycles. The number of aliphatic imine (C=N–C) groups is 1. The molecule has 1 aromatic heterocycles. The molecule has 9 heteroatoms. The van der Waals surface area contributed by atoms with Crippen LogP contribution in [0.15, 0.2) is 46.3 Å². The number of amidine groups is 1. The van der Waals surface area contributed by atoms with E-state index in [0.717, 1.165) is 18.4 Å². The largest absolute Gasteiger partial charge is 0.338 e. The van der Waals surface area contributed by atoms with Gasteiger partial charge in [0.05, 0.1) is 5.69 Å². The molecule has 2 heterocycles. The number of hydrogen-bond donors (Lipinski definition) is 2. The Hall–Kier alpha value is -3.62. The fraction of sp³-hybridized carbons (Fsp3) is 0.423. The molecule has 0 spiro atoms. The Bertz CT molecular complexity index is 1220. The van der Waals surface area contributed by atoms with Gasteiger partial charge in [0, 0.05) is 32.1 Å². The topological polar surface area (TPSA) is 108 Å². The van der Waals surface area contributed by atoms with Crippen LogP contribution in [-0.4, -0.2) is 41.5 Å². The van der Waals surface area contributed by atoms with Crippen molar-refractivity contribution in [1.82, 2.24) is 9.88 Å². The third-order valence-corrected chi connectivity index (χ3v) is 6.51. The number of nitrogens with one attached hydrogen (secondary N) is 2. The Kier molecular flexibility index (Phi) is 7.53. The van der Waals surface area contributed by atoms with Gasteiger partial charge in [-0.05, 0) is 68.1 Å². The Morgan fingerprint density at radius 1 is 1.26 bits per heavy atom. The minimum Gasteiger partial charge on any atom is -0.338 e. The summed E-state index contributed by atoms with van der Waals surface area (Å²) >= 11 is 0. The van der Waals surface area contributed by atoms with E-state index >= 15 is 0 Å². The summed E-state index contributed by atoms with van der Waals surface area (Å²) in [7, 11) is 1.59. The molecule has 1 atom stereocenters. The fourth-order valence-corrected chi connectivity index (χ4v) is 4.27. The monoisotopic (exact) mass is 479 g/mol. The Labute approximate surface area is 203 Å². The summed E-state index contributed by atoms with van der Waals surface area (Å²) in [6.07, 6.45) is 8.11. The third kappa shape index (κ3) is 6.09. The first-order chi connectivity index (χ1) is 16.8.